The number of ether oxygens (including phenoxy) is 4. The van der Waals surface area contributed by atoms with Crippen LogP contribution >= 0.6 is 11.3 Å². The van der Waals surface area contributed by atoms with Crippen LogP contribution < -0.4 is 23.7 Å². The summed E-state index contributed by atoms with van der Waals surface area (Å²) in [6.07, 6.45) is 0. The van der Waals surface area contributed by atoms with Gasteiger partial charge in [0.1, 0.15) is 5.56 Å². The molecule has 1 amide bonds. The number of nitro groups is 1. The van der Waals surface area contributed by atoms with E-state index in [1.54, 1.807) is 17.7 Å². The smallest absolute Gasteiger partial charge is 0.286 e. The molecule has 11 heteroatoms. The average molecular weight is 417 g/mol. The van der Waals surface area contributed by atoms with Crippen LogP contribution in [0.15, 0.2) is 29.3 Å². The van der Waals surface area contributed by atoms with Crippen molar-refractivity contribution in [3.63, 3.8) is 0 Å². The minimum absolute atomic E-state index is 0.151. The summed E-state index contributed by atoms with van der Waals surface area (Å²) in [4.78, 5) is 28.1. The molecule has 0 aliphatic carbocycles. The van der Waals surface area contributed by atoms with Crippen LogP contribution in [-0.4, -0.2) is 36.4 Å². The number of aromatic nitrogens is 1. The normalized spacial score (nSPS) is 13.0. The number of rotatable bonds is 4. The summed E-state index contributed by atoms with van der Waals surface area (Å²) in [6, 6.07) is 6.01. The van der Waals surface area contributed by atoms with E-state index in [1.165, 1.54) is 31.6 Å². The fourth-order valence-electron chi connectivity index (χ4n) is 2.96. The van der Waals surface area contributed by atoms with Crippen LogP contribution in [0.25, 0.3) is 10.2 Å². The lowest BCUT2D eigenvalue weighted by Crippen LogP contribution is -2.14. The highest BCUT2D eigenvalue weighted by Crippen LogP contribution is 2.37. The van der Waals surface area contributed by atoms with E-state index in [1.807, 2.05) is 6.07 Å². The first-order valence-electron chi connectivity index (χ1n) is 8.31. The number of benzene rings is 2. The molecule has 0 spiro atoms. The number of hydrogen-bond acceptors (Lipinski definition) is 8. The number of carbonyl (C=O) groups excluding carboxylic acids is 1. The maximum Gasteiger partial charge on any atom is 0.286 e. The summed E-state index contributed by atoms with van der Waals surface area (Å²) in [5, 5.41) is 11.5. The number of fused-ring (bicyclic) bond motifs is 2. The van der Waals surface area contributed by atoms with Gasteiger partial charge in [0.2, 0.25) is 6.79 Å². The number of nitro benzene ring substituents is 1. The van der Waals surface area contributed by atoms with E-state index < -0.39 is 16.5 Å². The topological polar surface area (TPSA) is 114 Å². The first-order chi connectivity index (χ1) is 13.9. The summed E-state index contributed by atoms with van der Waals surface area (Å²) in [5.41, 5.74) is 0.188. The van der Waals surface area contributed by atoms with Gasteiger partial charge in [-0.05, 0) is 0 Å². The number of carbonyl (C=O) groups is 1. The van der Waals surface area contributed by atoms with Crippen LogP contribution in [0.1, 0.15) is 10.4 Å². The summed E-state index contributed by atoms with van der Waals surface area (Å²) in [7, 11) is 4.48. The van der Waals surface area contributed by atoms with Crippen molar-refractivity contribution in [2.24, 2.45) is 12.0 Å². The van der Waals surface area contributed by atoms with Crippen molar-refractivity contribution < 1.29 is 28.7 Å². The molecule has 0 saturated carbocycles. The lowest BCUT2D eigenvalue weighted by atomic mass is 10.1. The largest absolute Gasteiger partial charge is 0.493 e. The third-order valence-corrected chi connectivity index (χ3v) is 5.52. The van der Waals surface area contributed by atoms with Crippen LogP contribution in [0, 0.1) is 10.1 Å². The van der Waals surface area contributed by atoms with Crippen molar-refractivity contribution >= 4 is 33.1 Å². The minimum atomic E-state index is -0.764. The lowest BCUT2D eigenvalue weighted by Gasteiger charge is -2.08. The second kappa shape index (κ2) is 7.09. The molecule has 2 aromatic carbocycles. The van der Waals surface area contributed by atoms with E-state index in [4.69, 9.17) is 18.9 Å². The molecule has 1 aliphatic rings. The highest BCUT2D eigenvalue weighted by molar-refractivity contribution is 7.16. The molecule has 0 N–H and O–H groups in total. The Bertz CT molecular complexity index is 1230. The summed E-state index contributed by atoms with van der Waals surface area (Å²) in [6.45, 7) is 0.162. The predicted octanol–water partition coefficient (Wildman–Crippen LogP) is 2.64. The van der Waals surface area contributed by atoms with Gasteiger partial charge in [-0.2, -0.15) is 4.99 Å². The quantitative estimate of drug-likeness (QED) is 0.473. The van der Waals surface area contributed by atoms with E-state index in [0.717, 1.165) is 16.3 Å². The van der Waals surface area contributed by atoms with Gasteiger partial charge in [0.15, 0.2) is 27.8 Å². The molecule has 0 bridgehead atoms. The number of methoxy groups -OCH3 is 2. The molecular weight excluding hydrogens is 402 g/mol. The van der Waals surface area contributed by atoms with Crippen molar-refractivity contribution in [2.75, 3.05) is 21.0 Å². The standard InChI is InChI=1S/C18H15N3O7S/c1-20-11-6-14-15(28-8-27-14)7-16(11)29-18(20)19-17(22)9-4-12(25-2)13(26-3)5-10(9)21(23)24/h4-7H,8H2,1-3H3. The SMILES string of the molecule is COc1cc(C(=O)N=c2sc3cc4c(cc3n2C)OCO4)c([N+](=O)[O-])cc1OC. The molecule has 0 radical (unpaired) electrons. The molecule has 150 valence electrons. The van der Waals surface area contributed by atoms with Gasteiger partial charge in [-0.3, -0.25) is 14.9 Å². The molecule has 0 fully saturated rings. The van der Waals surface area contributed by atoms with Gasteiger partial charge in [-0.15, -0.1) is 0 Å². The van der Waals surface area contributed by atoms with Gasteiger partial charge in [-0.25, -0.2) is 0 Å². The molecule has 1 aromatic heterocycles. The van der Waals surface area contributed by atoms with Gasteiger partial charge >= 0.3 is 0 Å². The van der Waals surface area contributed by atoms with E-state index >= 15 is 0 Å². The first kappa shape index (κ1) is 18.7. The molecule has 0 atom stereocenters. The second-order valence-corrected chi connectivity index (χ2v) is 7.02. The van der Waals surface area contributed by atoms with E-state index in [-0.39, 0.29) is 23.9 Å². The van der Waals surface area contributed by atoms with Gasteiger partial charge in [0.25, 0.3) is 11.6 Å². The zero-order valence-corrected chi connectivity index (χ0v) is 16.4. The molecule has 3 aromatic rings. The van der Waals surface area contributed by atoms with Crippen LogP contribution in [0.5, 0.6) is 23.0 Å². The van der Waals surface area contributed by atoms with Crippen LogP contribution in [0.2, 0.25) is 0 Å². The molecule has 10 nitrogen and oxygen atoms in total. The number of nitrogens with zero attached hydrogens (tertiary/aromatic N) is 3. The molecule has 1 aliphatic heterocycles. The Labute approximate surface area is 167 Å². The van der Waals surface area contributed by atoms with Crippen molar-refractivity contribution in [1.82, 2.24) is 4.57 Å². The zero-order valence-electron chi connectivity index (χ0n) is 15.6. The zero-order chi connectivity index (χ0) is 20.7. The fraction of sp³-hybridized carbons (Fsp3) is 0.222. The van der Waals surface area contributed by atoms with E-state index in [9.17, 15) is 14.9 Å². The van der Waals surface area contributed by atoms with E-state index in [0.29, 0.717) is 16.3 Å². The summed E-state index contributed by atoms with van der Waals surface area (Å²) >= 11 is 1.26. The Hall–Kier alpha value is -3.60. The predicted molar refractivity (Wildman–Crippen MR) is 103 cm³/mol. The molecule has 29 heavy (non-hydrogen) atoms. The third kappa shape index (κ3) is 3.14. The Kier molecular flexibility index (Phi) is 4.59. The van der Waals surface area contributed by atoms with Crippen molar-refractivity contribution in [1.29, 1.82) is 0 Å². The van der Waals surface area contributed by atoms with Crippen molar-refractivity contribution in [2.45, 2.75) is 0 Å². The maximum atomic E-state index is 12.8. The Morgan fingerprint density at radius 1 is 1.17 bits per heavy atom. The monoisotopic (exact) mass is 417 g/mol. The average Bonchev–Trinajstić information content (AvgIpc) is 3.29. The van der Waals surface area contributed by atoms with Crippen LogP contribution in [-0.2, 0) is 7.05 Å². The number of hydrogen-bond donors (Lipinski definition) is 0. The molecule has 0 saturated heterocycles. The van der Waals surface area contributed by atoms with Crippen molar-refractivity contribution in [3.05, 3.63) is 44.7 Å². The molecule has 2 heterocycles. The van der Waals surface area contributed by atoms with Gasteiger partial charge in [0, 0.05) is 25.2 Å². The molecule has 0 unspecified atom stereocenters. The maximum absolute atomic E-state index is 12.8. The van der Waals surface area contributed by atoms with E-state index in [2.05, 4.69) is 4.99 Å². The highest BCUT2D eigenvalue weighted by atomic mass is 32.1. The second-order valence-electron chi connectivity index (χ2n) is 6.02. The van der Waals surface area contributed by atoms with Gasteiger partial charge < -0.3 is 23.5 Å². The molecule has 4 rings (SSSR count). The van der Waals surface area contributed by atoms with Gasteiger partial charge in [0.05, 0.1) is 35.4 Å². The highest BCUT2D eigenvalue weighted by Gasteiger charge is 2.25. The fourth-order valence-corrected chi connectivity index (χ4v) is 3.99. The molecular formula is C18H15N3O7S. The minimum Gasteiger partial charge on any atom is -0.493 e. The first-order valence-corrected chi connectivity index (χ1v) is 9.13. The van der Waals surface area contributed by atoms with Gasteiger partial charge in [-0.1, -0.05) is 11.3 Å². The van der Waals surface area contributed by atoms with Crippen molar-refractivity contribution in [3.8, 4) is 23.0 Å². The Morgan fingerprint density at radius 2 is 1.83 bits per heavy atom. The Morgan fingerprint density at radius 3 is 2.48 bits per heavy atom. The number of aryl methyl sites for hydroxylation is 1. The third-order valence-electron chi connectivity index (χ3n) is 4.43. The van der Waals surface area contributed by atoms with Crippen LogP contribution in [0.4, 0.5) is 5.69 Å². The summed E-state index contributed by atoms with van der Waals surface area (Å²) in [5.74, 6) is 0.813. The Balaban J connectivity index is 1.84. The number of amides is 1. The van der Waals surface area contributed by atoms with Crippen LogP contribution in [0.3, 0.4) is 0 Å². The number of thiazole rings is 1. The lowest BCUT2D eigenvalue weighted by molar-refractivity contribution is -0.385. The summed E-state index contributed by atoms with van der Waals surface area (Å²) < 4.78 is 23.5.